The van der Waals surface area contributed by atoms with Crippen LogP contribution >= 0.6 is 0 Å². The van der Waals surface area contributed by atoms with Gasteiger partial charge in [-0.05, 0) is 31.4 Å². The van der Waals surface area contributed by atoms with E-state index in [9.17, 15) is 4.79 Å². The zero-order chi connectivity index (χ0) is 13.5. The van der Waals surface area contributed by atoms with E-state index in [0.29, 0.717) is 25.6 Å². The molecule has 0 bridgehead atoms. The number of carbonyl (C=O) groups excluding carboxylic acids is 1. The minimum absolute atomic E-state index is 0.0834. The van der Waals surface area contributed by atoms with E-state index in [1.165, 1.54) is 0 Å². The van der Waals surface area contributed by atoms with Crippen LogP contribution < -0.4 is 5.73 Å². The predicted molar refractivity (Wildman–Crippen MR) is 71.8 cm³/mol. The van der Waals surface area contributed by atoms with Gasteiger partial charge in [0.05, 0.1) is 18.7 Å². The maximum absolute atomic E-state index is 12.4. The van der Waals surface area contributed by atoms with Gasteiger partial charge in [0.1, 0.15) is 5.76 Å². The summed E-state index contributed by atoms with van der Waals surface area (Å²) in [5.41, 5.74) is 5.72. The average molecular weight is 252 g/mol. The molecule has 0 aliphatic heterocycles. The first kappa shape index (κ1) is 14.8. The zero-order valence-corrected chi connectivity index (χ0v) is 11.6. The molecule has 0 radical (unpaired) electrons. The number of hydrogen-bond acceptors (Lipinski definition) is 3. The van der Waals surface area contributed by atoms with Crippen LogP contribution in [0.5, 0.6) is 0 Å². The molecule has 0 spiro atoms. The Kier molecular flexibility index (Phi) is 5.92. The normalized spacial score (nSPS) is 12.7. The van der Waals surface area contributed by atoms with Gasteiger partial charge in [-0.1, -0.05) is 13.8 Å². The van der Waals surface area contributed by atoms with Gasteiger partial charge in [-0.25, -0.2) is 0 Å². The molecule has 102 valence electrons. The molecule has 0 saturated carbocycles. The lowest BCUT2D eigenvalue weighted by molar-refractivity contribution is -0.136. The Morgan fingerprint density at radius 1 is 1.50 bits per heavy atom. The number of nitrogens with two attached hydrogens (primary N) is 1. The summed E-state index contributed by atoms with van der Waals surface area (Å²) in [6.45, 7) is 7.80. The summed E-state index contributed by atoms with van der Waals surface area (Å²) in [6, 6.07) is 3.72. The maximum atomic E-state index is 12.4. The molecule has 4 nitrogen and oxygen atoms in total. The number of amides is 1. The van der Waals surface area contributed by atoms with E-state index in [4.69, 9.17) is 10.2 Å². The standard InChI is InChI=1S/C14H24N2O2/c1-4-16(10-13-6-5-7-18-13)14(17)12(9-15)8-11(2)3/h5-7,11-12H,4,8-10,15H2,1-3H3. The topological polar surface area (TPSA) is 59.5 Å². The largest absolute Gasteiger partial charge is 0.467 e. The van der Waals surface area contributed by atoms with Crippen molar-refractivity contribution in [2.45, 2.75) is 33.7 Å². The molecule has 1 aromatic rings. The summed E-state index contributed by atoms with van der Waals surface area (Å²) in [6.07, 6.45) is 2.46. The highest BCUT2D eigenvalue weighted by molar-refractivity contribution is 5.79. The molecule has 1 unspecified atom stereocenters. The molecule has 0 aromatic carbocycles. The summed E-state index contributed by atoms with van der Waals surface area (Å²) in [5.74, 6) is 1.33. The molecule has 4 heteroatoms. The molecule has 0 fully saturated rings. The van der Waals surface area contributed by atoms with Crippen molar-refractivity contribution in [2.75, 3.05) is 13.1 Å². The first-order chi connectivity index (χ1) is 8.58. The number of nitrogens with zero attached hydrogens (tertiary/aromatic N) is 1. The van der Waals surface area contributed by atoms with Crippen molar-refractivity contribution >= 4 is 5.91 Å². The van der Waals surface area contributed by atoms with Gasteiger partial charge in [-0.2, -0.15) is 0 Å². The first-order valence-corrected chi connectivity index (χ1v) is 6.59. The third-order valence-corrected chi connectivity index (χ3v) is 3.01. The molecule has 1 rings (SSSR count). The van der Waals surface area contributed by atoms with E-state index >= 15 is 0 Å². The molecule has 1 amide bonds. The van der Waals surface area contributed by atoms with Crippen LogP contribution in [0.4, 0.5) is 0 Å². The molecule has 1 atom stereocenters. The molecular weight excluding hydrogens is 228 g/mol. The van der Waals surface area contributed by atoms with Gasteiger partial charge in [0.25, 0.3) is 0 Å². The molecule has 1 heterocycles. The Morgan fingerprint density at radius 2 is 2.22 bits per heavy atom. The molecule has 2 N–H and O–H groups in total. The second-order valence-corrected chi connectivity index (χ2v) is 4.99. The quantitative estimate of drug-likeness (QED) is 0.809. The van der Waals surface area contributed by atoms with E-state index in [0.717, 1.165) is 12.2 Å². The van der Waals surface area contributed by atoms with Gasteiger partial charge in [-0.3, -0.25) is 4.79 Å². The molecule has 0 saturated heterocycles. The highest BCUT2D eigenvalue weighted by atomic mass is 16.3. The highest BCUT2D eigenvalue weighted by Gasteiger charge is 2.23. The molecule has 18 heavy (non-hydrogen) atoms. The molecule has 1 aromatic heterocycles. The second-order valence-electron chi connectivity index (χ2n) is 4.99. The zero-order valence-electron chi connectivity index (χ0n) is 11.6. The van der Waals surface area contributed by atoms with Crippen molar-refractivity contribution in [3.8, 4) is 0 Å². The van der Waals surface area contributed by atoms with Gasteiger partial charge >= 0.3 is 0 Å². The van der Waals surface area contributed by atoms with Crippen LogP contribution in [0.25, 0.3) is 0 Å². The fraction of sp³-hybridized carbons (Fsp3) is 0.643. The van der Waals surface area contributed by atoms with Gasteiger partial charge in [0.2, 0.25) is 5.91 Å². The average Bonchev–Trinajstić information content (AvgIpc) is 2.84. The number of rotatable bonds is 7. The third kappa shape index (κ3) is 4.18. The van der Waals surface area contributed by atoms with Crippen molar-refractivity contribution in [1.29, 1.82) is 0 Å². The maximum Gasteiger partial charge on any atom is 0.227 e. The smallest absolute Gasteiger partial charge is 0.227 e. The predicted octanol–water partition coefficient (Wildman–Crippen LogP) is 2.25. The monoisotopic (exact) mass is 252 g/mol. The van der Waals surface area contributed by atoms with E-state index in [1.54, 1.807) is 11.2 Å². The fourth-order valence-electron chi connectivity index (χ4n) is 2.06. The SMILES string of the molecule is CCN(Cc1ccco1)C(=O)C(CN)CC(C)C. The Labute approximate surface area is 109 Å². The van der Waals surface area contributed by atoms with Crippen molar-refractivity contribution in [3.63, 3.8) is 0 Å². The summed E-state index contributed by atoms with van der Waals surface area (Å²) in [4.78, 5) is 14.2. The van der Waals surface area contributed by atoms with Crippen LogP contribution in [0.1, 0.15) is 33.0 Å². The van der Waals surface area contributed by atoms with Crippen LogP contribution in [0, 0.1) is 11.8 Å². The van der Waals surface area contributed by atoms with E-state index < -0.39 is 0 Å². The Hall–Kier alpha value is -1.29. The second kappa shape index (κ2) is 7.21. The summed E-state index contributed by atoms with van der Waals surface area (Å²) in [5, 5.41) is 0. The fourth-order valence-corrected chi connectivity index (χ4v) is 2.06. The van der Waals surface area contributed by atoms with Gasteiger partial charge in [-0.15, -0.1) is 0 Å². The number of furan rings is 1. The van der Waals surface area contributed by atoms with Gasteiger partial charge < -0.3 is 15.1 Å². The van der Waals surface area contributed by atoms with E-state index in [1.807, 2.05) is 19.1 Å². The van der Waals surface area contributed by atoms with Crippen LogP contribution in [-0.4, -0.2) is 23.9 Å². The third-order valence-electron chi connectivity index (χ3n) is 3.01. The van der Waals surface area contributed by atoms with Crippen LogP contribution in [0.3, 0.4) is 0 Å². The van der Waals surface area contributed by atoms with Crippen molar-refractivity contribution < 1.29 is 9.21 Å². The first-order valence-electron chi connectivity index (χ1n) is 6.59. The van der Waals surface area contributed by atoms with E-state index in [2.05, 4.69) is 13.8 Å². The van der Waals surface area contributed by atoms with Crippen molar-refractivity contribution in [2.24, 2.45) is 17.6 Å². The van der Waals surface area contributed by atoms with Crippen LogP contribution in [-0.2, 0) is 11.3 Å². The minimum atomic E-state index is -0.0834. The lowest BCUT2D eigenvalue weighted by Crippen LogP contribution is -2.39. The minimum Gasteiger partial charge on any atom is -0.467 e. The lowest BCUT2D eigenvalue weighted by atomic mass is 9.96. The van der Waals surface area contributed by atoms with Crippen LogP contribution in [0.15, 0.2) is 22.8 Å². The summed E-state index contributed by atoms with van der Waals surface area (Å²) >= 11 is 0. The Balaban J connectivity index is 2.65. The molecule has 0 aliphatic carbocycles. The van der Waals surface area contributed by atoms with Crippen molar-refractivity contribution in [3.05, 3.63) is 24.2 Å². The van der Waals surface area contributed by atoms with Gasteiger partial charge in [0.15, 0.2) is 0 Å². The van der Waals surface area contributed by atoms with Crippen LogP contribution in [0.2, 0.25) is 0 Å². The highest BCUT2D eigenvalue weighted by Crippen LogP contribution is 2.15. The van der Waals surface area contributed by atoms with Crippen molar-refractivity contribution in [1.82, 2.24) is 4.90 Å². The molecular formula is C14H24N2O2. The number of carbonyl (C=O) groups is 1. The lowest BCUT2D eigenvalue weighted by Gasteiger charge is -2.25. The summed E-state index contributed by atoms with van der Waals surface area (Å²) in [7, 11) is 0. The number of hydrogen-bond donors (Lipinski definition) is 1. The Morgan fingerprint density at radius 3 is 2.67 bits per heavy atom. The molecule has 0 aliphatic rings. The van der Waals surface area contributed by atoms with Gasteiger partial charge in [0, 0.05) is 13.1 Å². The Bertz CT molecular complexity index is 347. The van der Waals surface area contributed by atoms with E-state index in [-0.39, 0.29) is 11.8 Å². The summed E-state index contributed by atoms with van der Waals surface area (Å²) < 4.78 is 5.29.